The van der Waals surface area contributed by atoms with Crippen molar-refractivity contribution in [3.8, 4) is 11.5 Å². The Balaban J connectivity index is 1.77. The van der Waals surface area contributed by atoms with Gasteiger partial charge in [-0.1, -0.05) is 13.0 Å². The first-order valence-corrected chi connectivity index (χ1v) is 11.7. The first kappa shape index (κ1) is 21.5. The molecule has 1 atom stereocenters. The molecule has 0 bridgehead atoms. The van der Waals surface area contributed by atoms with Crippen molar-refractivity contribution >= 4 is 33.4 Å². The molecule has 9 heteroatoms. The number of ether oxygens (including phenoxy) is 2. The maximum atomic E-state index is 12.8. The molecule has 29 heavy (non-hydrogen) atoms. The Labute approximate surface area is 175 Å². The van der Waals surface area contributed by atoms with E-state index >= 15 is 0 Å². The predicted molar refractivity (Wildman–Crippen MR) is 113 cm³/mol. The van der Waals surface area contributed by atoms with Crippen LogP contribution in [-0.4, -0.2) is 33.8 Å². The molecule has 0 saturated heterocycles. The Bertz CT molecular complexity index is 1010. The number of benzene rings is 2. The Morgan fingerprint density at radius 2 is 2.00 bits per heavy atom. The third-order valence-electron chi connectivity index (χ3n) is 4.45. The van der Waals surface area contributed by atoms with E-state index in [-0.39, 0.29) is 23.3 Å². The molecule has 1 amide bonds. The van der Waals surface area contributed by atoms with Crippen molar-refractivity contribution in [3.05, 3.63) is 42.0 Å². The average molecular weight is 437 g/mol. The van der Waals surface area contributed by atoms with Gasteiger partial charge < -0.3 is 14.8 Å². The van der Waals surface area contributed by atoms with Gasteiger partial charge in [0.15, 0.2) is 11.5 Å². The van der Waals surface area contributed by atoms with Crippen LogP contribution in [-0.2, 0) is 21.4 Å². The number of carbonyl (C=O) groups excluding carboxylic acids is 1. The standard InChI is InChI=1S/C20H24N2O5S2/c1-4-27-17-7-5-14(9-18(17)26-3)11-21-29(24,25)15-6-8-19-16(10-15)22-20(23)13(2)12-28-19/h5-10,13,21H,4,11-12H2,1-3H3,(H,22,23)/t13-/m0/s1. The molecule has 3 rings (SSSR count). The summed E-state index contributed by atoms with van der Waals surface area (Å²) in [6.45, 7) is 4.33. The second kappa shape index (κ2) is 9.06. The number of hydrogen-bond donors (Lipinski definition) is 2. The molecule has 0 aromatic heterocycles. The zero-order valence-electron chi connectivity index (χ0n) is 16.5. The van der Waals surface area contributed by atoms with Crippen molar-refractivity contribution in [1.29, 1.82) is 0 Å². The number of fused-ring (bicyclic) bond motifs is 1. The monoisotopic (exact) mass is 436 g/mol. The van der Waals surface area contributed by atoms with Crippen LogP contribution in [0.3, 0.4) is 0 Å². The zero-order valence-corrected chi connectivity index (χ0v) is 18.2. The molecule has 1 aliphatic rings. The fourth-order valence-electron chi connectivity index (χ4n) is 2.80. The molecule has 0 fully saturated rings. The molecule has 2 N–H and O–H groups in total. The highest BCUT2D eigenvalue weighted by atomic mass is 32.2. The molecule has 0 saturated carbocycles. The Morgan fingerprint density at radius 1 is 1.21 bits per heavy atom. The highest BCUT2D eigenvalue weighted by Crippen LogP contribution is 2.34. The molecule has 1 aliphatic heterocycles. The lowest BCUT2D eigenvalue weighted by Crippen LogP contribution is -2.24. The molecule has 0 unspecified atom stereocenters. The summed E-state index contributed by atoms with van der Waals surface area (Å²) in [6.07, 6.45) is 0. The number of rotatable bonds is 7. The minimum Gasteiger partial charge on any atom is -0.493 e. The number of thioether (sulfide) groups is 1. The van der Waals surface area contributed by atoms with Crippen LogP contribution in [0, 0.1) is 5.92 Å². The van der Waals surface area contributed by atoms with Gasteiger partial charge in [0.1, 0.15) is 0 Å². The van der Waals surface area contributed by atoms with Gasteiger partial charge in [0, 0.05) is 23.1 Å². The highest BCUT2D eigenvalue weighted by Gasteiger charge is 2.23. The molecule has 156 valence electrons. The normalized spacial score (nSPS) is 16.5. The van der Waals surface area contributed by atoms with Crippen LogP contribution in [0.25, 0.3) is 0 Å². The van der Waals surface area contributed by atoms with Gasteiger partial charge in [0.2, 0.25) is 15.9 Å². The predicted octanol–water partition coefficient (Wildman–Crippen LogP) is 3.25. The number of carbonyl (C=O) groups is 1. The van der Waals surface area contributed by atoms with E-state index in [1.165, 1.54) is 24.9 Å². The van der Waals surface area contributed by atoms with Crippen LogP contribution in [0.5, 0.6) is 11.5 Å². The van der Waals surface area contributed by atoms with Gasteiger partial charge in [0.05, 0.1) is 24.3 Å². The van der Waals surface area contributed by atoms with Gasteiger partial charge in [0.25, 0.3) is 0 Å². The molecule has 7 nitrogen and oxygen atoms in total. The van der Waals surface area contributed by atoms with E-state index in [0.717, 1.165) is 10.5 Å². The zero-order chi connectivity index (χ0) is 21.0. The first-order valence-electron chi connectivity index (χ1n) is 9.21. The van der Waals surface area contributed by atoms with Crippen molar-refractivity contribution in [3.63, 3.8) is 0 Å². The van der Waals surface area contributed by atoms with Gasteiger partial charge >= 0.3 is 0 Å². The lowest BCUT2D eigenvalue weighted by molar-refractivity contribution is -0.118. The van der Waals surface area contributed by atoms with E-state index in [1.54, 1.807) is 30.3 Å². The molecule has 0 spiro atoms. The number of nitrogens with one attached hydrogen (secondary N) is 2. The van der Waals surface area contributed by atoms with Crippen LogP contribution >= 0.6 is 11.8 Å². The van der Waals surface area contributed by atoms with Crippen molar-refractivity contribution < 1.29 is 22.7 Å². The number of amides is 1. The summed E-state index contributed by atoms with van der Waals surface area (Å²) in [5.74, 6) is 1.56. The third-order valence-corrected chi connectivity index (χ3v) is 7.18. The molecule has 2 aromatic carbocycles. The van der Waals surface area contributed by atoms with Gasteiger partial charge in [-0.2, -0.15) is 0 Å². The Hall–Kier alpha value is -2.23. The van der Waals surface area contributed by atoms with Crippen molar-refractivity contribution in [2.24, 2.45) is 5.92 Å². The molecule has 1 heterocycles. The van der Waals surface area contributed by atoms with E-state index in [2.05, 4.69) is 10.0 Å². The molecule has 0 radical (unpaired) electrons. The maximum Gasteiger partial charge on any atom is 0.240 e. The second-order valence-corrected chi connectivity index (χ2v) is 9.43. The van der Waals surface area contributed by atoms with E-state index in [1.807, 2.05) is 13.8 Å². The Kier molecular flexibility index (Phi) is 6.71. The summed E-state index contributed by atoms with van der Waals surface area (Å²) < 4.78 is 38.9. The minimum absolute atomic E-state index is 0.0975. The maximum absolute atomic E-state index is 12.8. The van der Waals surface area contributed by atoms with Crippen LogP contribution in [0.1, 0.15) is 19.4 Å². The van der Waals surface area contributed by atoms with Crippen LogP contribution in [0.4, 0.5) is 5.69 Å². The average Bonchev–Trinajstić information content (AvgIpc) is 2.85. The topological polar surface area (TPSA) is 93.7 Å². The minimum atomic E-state index is -3.76. The fourth-order valence-corrected chi connectivity index (χ4v) is 4.86. The SMILES string of the molecule is CCOc1ccc(CNS(=O)(=O)c2ccc3c(c2)NC(=O)[C@@H](C)CS3)cc1OC. The van der Waals surface area contributed by atoms with Crippen LogP contribution < -0.4 is 19.5 Å². The van der Waals surface area contributed by atoms with E-state index < -0.39 is 10.0 Å². The van der Waals surface area contributed by atoms with Crippen molar-refractivity contribution in [2.75, 3.05) is 24.8 Å². The summed E-state index contributed by atoms with van der Waals surface area (Å²) in [4.78, 5) is 13.0. The lowest BCUT2D eigenvalue weighted by Gasteiger charge is -2.13. The molecule has 2 aromatic rings. The summed E-state index contributed by atoms with van der Waals surface area (Å²) in [5.41, 5.74) is 1.26. The Morgan fingerprint density at radius 3 is 2.72 bits per heavy atom. The van der Waals surface area contributed by atoms with E-state index in [9.17, 15) is 13.2 Å². The highest BCUT2D eigenvalue weighted by molar-refractivity contribution is 7.99. The smallest absolute Gasteiger partial charge is 0.240 e. The largest absolute Gasteiger partial charge is 0.493 e. The summed E-state index contributed by atoms with van der Waals surface area (Å²) in [6, 6.07) is 10.1. The lowest BCUT2D eigenvalue weighted by atomic mass is 10.2. The number of sulfonamides is 1. The van der Waals surface area contributed by atoms with Crippen LogP contribution in [0.2, 0.25) is 0 Å². The number of hydrogen-bond acceptors (Lipinski definition) is 6. The van der Waals surface area contributed by atoms with Crippen LogP contribution in [0.15, 0.2) is 46.2 Å². The van der Waals surface area contributed by atoms with Gasteiger partial charge in [-0.15, -0.1) is 11.8 Å². The van der Waals surface area contributed by atoms with E-state index in [0.29, 0.717) is 29.5 Å². The molecule has 0 aliphatic carbocycles. The third kappa shape index (κ3) is 5.04. The fraction of sp³-hybridized carbons (Fsp3) is 0.350. The molecular weight excluding hydrogens is 412 g/mol. The van der Waals surface area contributed by atoms with Gasteiger partial charge in [-0.25, -0.2) is 13.1 Å². The van der Waals surface area contributed by atoms with Gasteiger partial charge in [-0.3, -0.25) is 4.79 Å². The summed E-state index contributed by atoms with van der Waals surface area (Å²) >= 11 is 1.54. The van der Waals surface area contributed by atoms with Gasteiger partial charge in [-0.05, 0) is 42.8 Å². The second-order valence-electron chi connectivity index (χ2n) is 6.60. The first-order chi connectivity index (χ1) is 13.8. The number of anilines is 1. The summed E-state index contributed by atoms with van der Waals surface area (Å²) in [5, 5.41) is 2.81. The quantitative estimate of drug-likeness (QED) is 0.692. The van der Waals surface area contributed by atoms with Crippen molar-refractivity contribution in [1.82, 2.24) is 4.72 Å². The summed E-state index contributed by atoms with van der Waals surface area (Å²) in [7, 11) is -2.22. The van der Waals surface area contributed by atoms with Crippen molar-refractivity contribution in [2.45, 2.75) is 30.2 Å². The number of methoxy groups -OCH3 is 1. The van der Waals surface area contributed by atoms with E-state index in [4.69, 9.17) is 9.47 Å². The molecular formula is C20H24N2O5S2.